The number of hydrogen-bond acceptors (Lipinski definition) is 7. The molecule has 9 heteroatoms. The second kappa shape index (κ2) is 11.3. The number of likely N-dealkylation sites (tertiary alicyclic amines) is 1. The lowest BCUT2D eigenvalue weighted by Gasteiger charge is -2.28. The van der Waals surface area contributed by atoms with Crippen LogP contribution in [0.1, 0.15) is 34.9 Å². The van der Waals surface area contributed by atoms with Gasteiger partial charge >= 0.3 is 0 Å². The predicted octanol–water partition coefficient (Wildman–Crippen LogP) is 2.92. The second-order valence-corrected chi connectivity index (χ2v) is 9.30. The summed E-state index contributed by atoms with van der Waals surface area (Å²) in [5.74, 6) is -1.47. The minimum absolute atomic E-state index is 0.127. The van der Waals surface area contributed by atoms with Gasteiger partial charge in [0, 0.05) is 18.7 Å². The van der Waals surface area contributed by atoms with Crippen molar-refractivity contribution < 1.29 is 25.0 Å². The molecule has 1 aliphatic heterocycles. The summed E-state index contributed by atoms with van der Waals surface area (Å²) in [5.41, 5.74) is 3.60. The van der Waals surface area contributed by atoms with Gasteiger partial charge < -0.3 is 25.6 Å². The van der Waals surface area contributed by atoms with Crippen molar-refractivity contribution in [3.05, 3.63) is 82.0 Å². The van der Waals surface area contributed by atoms with Crippen LogP contribution in [-0.4, -0.2) is 57.1 Å². The van der Waals surface area contributed by atoms with Crippen LogP contribution in [0.3, 0.4) is 0 Å². The summed E-state index contributed by atoms with van der Waals surface area (Å²) >= 11 is 1.45. The normalized spacial score (nSPS) is 17.4. The molecular weight excluding hydrogens is 466 g/mol. The average molecular weight is 494 g/mol. The minimum atomic E-state index is -1.87. The van der Waals surface area contributed by atoms with E-state index in [1.54, 1.807) is 0 Å². The van der Waals surface area contributed by atoms with Gasteiger partial charge in [-0.2, -0.15) is 0 Å². The van der Waals surface area contributed by atoms with E-state index >= 15 is 0 Å². The first-order valence-corrected chi connectivity index (χ1v) is 12.2. The van der Waals surface area contributed by atoms with E-state index in [1.807, 2.05) is 66.0 Å². The molecule has 3 aromatic rings. The molecule has 3 unspecified atom stereocenters. The number of aliphatic hydroxyl groups is 2. The predicted molar refractivity (Wildman–Crippen MR) is 133 cm³/mol. The number of hydrogen-bond donors (Lipinski definition) is 4. The van der Waals surface area contributed by atoms with E-state index in [4.69, 9.17) is 5.21 Å². The molecule has 1 saturated heterocycles. The monoisotopic (exact) mass is 493 g/mol. The van der Waals surface area contributed by atoms with Gasteiger partial charge in [0.25, 0.3) is 11.8 Å². The molecule has 2 amide bonds. The van der Waals surface area contributed by atoms with E-state index < -0.39 is 24.0 Å². The number of carbonyl (C=O) groups excluding carboxylic acids is 2. The molecule has 182 valence electrons. The number of rotatable bonds is 8. The third kappa shape index (κ3) is 5.59. The standard InChI is InChI=1S/C26H27N3O5S/c30-23(24(31)26(33)29-13-4-7-21(29)19-5-2-1-3-6-19)25(32)27-15-17-8-10-18(11-9-17)20-12-14-35-22(20)16-28-34/h1-3,5-6,8-12,14,16,21,23-24,30-31,34H,4,7,13,15H2,(H,27,32)/b28-16+. The quantitative estimate of drug-likeness (QED) is 0.218. The van der Waals surface area contributed by atoms with Crippen LogP contribution in [0.5, 0.6) is 0 Å². The molecule has 1 fully saturated rings. The Bertz CT molecular complexity index is 1180. The molecule has 0 spiro atoms. The van der Waals surface area contributed by atoms with Crippen molar-refractivity contribution in [2.45, 2.75) is 37.6 Å². The van der Waals surface area contributed by atoms with E-state index in [9.17, 15) is 19.8 Å². The molecular formula is C26H27N3O5S. The van der Waals surface area contributed by atoms with Gasteiger partial charge in [0.15, 0.2) is 12.2 Å². The highest BCUT2D eigenvalue weighted by molar-refractivity contribution is 7.12. The number of carbonyl (C=O) groups is 2. The zero-order valence-corrected chi connectivity index (χ0v) is 19.8. The summed E-state index contributed by atoms with van der Waals surface area (Å²) in [7, 11) is 0. The molecule has 0 saturated carbocycles. The van der Waals surface area contributed by atoms with Crippen molar-refractivity contribution in [3.8, 4) is 11.1 Å². The number of nitrogens with one attached hydrogen (secondary N) is 1. The Balaban J connectivity index is 1.34. The summed E-state index contributed by atoms with van der Waals surface area (Å²) in [4.78, 5) is 27.7. The molecule has 8 nitrogen and oxygen atoms in total. The minimum Gasteiger partial charge on any atom is -0.411 e. The molecule has 1 aromatic heterocycles. The van der Waals surface area contributed by atoms with Crippen LogP contribution in [0.25, 0.3) is 11.1 Å². The van der Waals surface area contributed by atoms with Gasteiger partial charge in [0.2, 0.25) is 0 Å². The van der Waals surface area contributed by atoms with Gasteiger partial charge in [-0.3, -0.25) is 9.59 Å². The fraction of sp³-hybridized carbons (Fsp3) is 0.269. The van der Waals surface area contributed by atoms with E-state index in [0.29, 0.717) is 6.54 Å². The lowest BCUT2D eigenvalue weighted by Crippen LogP contribution is -2.50. The van der Waals surface area contributed by atoms with Crippen molar-refractivity contribution in [2.24, 2.45) is 5.16 Å². The van der Waals surface area contributed by atoms with Crippen LogP contribution in [0.4, 0.5) is 0 Å². The van der Waals surface area contributed by atoms with Gasteiger partial charge in [0.05, 0.1) is 17.1 Å². The van der Waals surface area contributed by atoms with Crippen molar-refractivity contribution >= 4 is 29.4 Å². The second-order valence-electron chi connectivity index (χ2n) is 8.35. The average Bonchev–Trinajstić information content (AvgIpc) is 3.57. The van der Waals surface area contributed by atoms with Crippen LogP contribution in [0.2, 0.25) is 0 Å². The molecule has 0 bridgehead atoms. The zero-order valence-electron chi connectivity index (χ0n) is 18.9. The number of oxime groups is 1. The molecule has 4 N–H and O–H groups in total. The fourth-order valence-corrected chi connectivity index (χ4v) is 5.08. The molecule has 35 heavy (non-hydrogen) atoms. The Morgan fingerprint density at radius 1 is 1.09 bits per heavy atom. The van der Waals surface area contributed by atoms with Crippen molar-refractivity contribution in [3.63, 3.8) is 0 Å². The summed E-state index contributed by atoms with van der Waals surface area (Å²) in [5, 5.41) is 37.2. The highest BCUT2D eigenvalue weighted by Crippen LogP contribution is 2.32. The first-order chi connectivity index (χ1) is 17.0. The molecule has 4 rings (SSSR count). The maximum absolute atomic E-state index is 12.9. The lowest BCUT2D eigenvalue weighted by molar-refractivity contribution is -0.153. The largest absolute Gasteiger partial charge is 0.411 e. The SMILES string of the molecule is O=C(NCc1ccc(-c2ccsc2/C=N/O)cc1)C(O)C(O)C(=O)N1CCCC1c1ccccc1. The molecule has 0 radical (unpaired) electrons. The number of thiophene rings is 1. The maximum atomic E-state index is 12.9. The summed E-state index contributed by atoms with van der Waals surface area (Å²) in [6.45, 7) is 0.591. The Morgan fingerprint density at radius 3 is 2.54 bits per heavy atom. The van der Waals surface area contributed by atoms with E-state index in [1.165, 1.54) is 22.5 Å². The fourth-order valence-electron chi connectivity index (χ4n) is 4.31. The molecule has 2 heterocycles. The third-order valence-corrected chi connectivity index (χ3v) is 6.99. The summed E-state index contributed by atoms with van der Waals surface area (Å²) in [6.07, 6.45) is -0.778. The molecule has 0 aliphatic carbocycles. The zero-order chi connectivity index (χ0) is 24.8. The van der Waals surface area contributed by atoms with Gasteiger partial charge in [0.1, 0.15) is 0 Å². The van der Waals surface area contributed by atoms with Gasteiger partial charge in [-0.25, -0.2) is 0 Å². The van der Waals surface area contributed by atoms with Crippen molar-refractivity contribution in [1.29, 1.82) is 0 Å². The van der Waals surface area contributed by atoms with Crippen LogP contribution >= 0.6 is 11.3 Å². The van der Waals surface area contributed by atoms with Gasteiger partial charge in [-0.15, -0.1) is 11.3 Å². The van der Waals surface area contributed by atoms with Gasteiger partial charge in [-0.05, 0) is 41.0 Å². The van der Waals surface area contributed by atoms with Crippen molar-refractivity contribution in [2.75, 3.05) is 6.54 Å². The topological polar surface area (TPSA) is 122 Å². The van der Waals surface area contributed by atoms with Crippen LogP contribution in [-0.2, 0) is 16.1 Å². The number of aliphatic hydroxyl groups excluding tert-OH is 2. The van der Waals surface area contributed by atoms with E-state index in [2.05, 4.69) is 10.5 Å². The maximum Gasteiger partial charge on any atom is 0.255 e. The molecule has 2 aromatic carbocycles. The highest BCUT2D eigenvalue weighted by atomic mass is 32.1. The van der Waals surface area contributed by atoms with E-state index in [0.717, 1.165) is 40.0 Å². The summed E-state index contributed by atoms with van der Waals surface area (Å²) < 4.78 is 0. The Labute approximate surface area is 207 Å². The van der Waals surface area contributed by atoms with Crippen LogP contribution in [0.15, 0.2) is 71.2 Å². The third-order valence-electron chi connectivity index (χ3n) is 6.14. The Kier molecular flexibility index (Phi) is 7.91. The van der Waals surface area contributed by atoms with E-state index in [-0.39, 0.29) is 12.6 Å². The first-order valence-electron chi connectivity index (χ1n) is 11.3. The Hall–Kier alpha value is -3.53. The first kappa shape index (κ1) is 24.6. The molecule has 1 aliphatic rings. The summed E-state index contributed by atoms with van der Waals surface area (Å²) in [6, 6.07) is 18.7. The number of amides is 2. The Morgan fingerprint density at radius 2 is 1.83 bits per heavy atom. The smallest absolute Gasteiger partial charge is 0.255 e. The highest BCUT2D eigenvalue weighted by Gasteiger charge is 2.38. The number of benzene rings is 2. The van der Waals surface area contributed by atoms with Crippen molar-refractivity contribution in [1.82, 2.24) is 10.2 Å². The lowest BCUT2D eigenvalue weighted by atomic mass is 10.0. The van der Waals surface area contributed by atoms with Crippen LogP contribution in [0, 0.1) is 0 Å². The van der Waals surface area contributed by atoms with Gasteiger partial charge in [-0.1, -0.05) is 59.8 Å². The molecule has 3 atom stereocenters. The number of nitrogens with zero attached hydrogens (tertiary/aromatic N) is 2. The van der Waals surface area contributed by atoms with Crippen LogP contribution < -0.4 is 5.32 Å².